The van der Waals surface area contributed by atoms with Crippen molar-refractivity contribution in [1.29, 1.82) is 0 Å². The van der Waals surface area contributed by atoms with Crippen LogP contribution in [0.3, 0.4) is 0 Å². The predicted molar refractivity (Wildman–Crippen MR) is 119 cm³/mol. The minimum absolute atomic E-state index is 0. The lowest BCUT2D eigenvalue weighted by atomic mass is 9.96. The lowest BCUT2D eigenvalue weighted by molar-refractivity contribution is 0.0376. The first-order valence-corrected chi connectivity index (χ1v) is 9.80. The number of benzene rings is 1. The molecule has 0 bridgehead atoms. The summed E-state index contributed by atoms with van der Waals surface area (Å²) in [5, 5.41) is 6.75. The van der Waals surface area contributed by atoms with E-state index in [4.69, 9.17) is 9.73 Å². The average Bonchev–Trinajstić information content (AvgIpc) is 3.45. The normalized spacial score (nSPS) is 19.3. The third-order valence-corrected chi connectivity index (χ3v) is 5.22. The molecule has 1 saturated heterocycles. The van der Waals surface area contributed by atoms with Crippen LogP contribution < -0.4 is 10.6 Å². The van der Waals surface area contributed by atoms with E-state index in [0.29, 0.717) is 6.54 Å². The fourth-order valence-corrected chi connectivity index (χ4v) is 3.41. The van der Waals surface area contributed by atoms with Crippen LogP contribution in [0.25, 0.3) is 0 Å². The Balaban J connectivity index is 0.00000261. The highest BCUT2D eigenvalue weighted by molar-refractivity contribution is 14.0. The molecule has 2 fully saturated rings. The van der Waals surface area contributed by atoms with Crippen molar-refractivity contribution in [2.75, 3.05) is 52.5 Å². The van der Waals surface area contributed by atoms with Crippen LogP contribution in [0.2, 0.25) is 0 Å². The van der Waals surface area contributed by atoms with E-state index in [1.54, 1.807) is 12.1 Å². The fraction of sp³-hybridized carbons (Fsp3) is 0.650. The second-order valence-corrected chi connectivity index (χ2v) is 7.22. The summed E-state index contributed by atoms with van der Waals surface area (Å²) in [6.07, 6.45) is 3.24. The Morgan fingerprint density at radius 3 is 2.70 bits per heavy atom. The molecule has 27 heavy (non-hydrogen) atoms. The molecule has 152 valence electrons. The van der Waals surface area contributed by atoms with E-state index in [9.17, 15) is 4.39 Å². The summed E-state index contributed by atoms with van der Waals surface area (Å²) in [7, 11) is 0. The SMILES string of the molecule is CCNC(=NCC1(c2cccc(F)c2)CC1)NCCCN1CCOCC1.I. The maximum atomic E-state index is 13.5. The van der Waals surface area contributed by atoms with Gasteiger partial charge in [-0.05, 0) is 50.4 Å². The molecule has 0 atom stereocenters. The number of guanidine groups is 1. The zero-order chi connectivity index (χ0) is 18.2. The van der Waals surface area contributed by atoms with Crippen LogP contribution in [0.4, 0.5) is 4.39 Å². The molecule has 1 heterocycles. The molecule has 0 amide bonds. The summed E-state index contributed by atoms with van der Waals surface area (Å²) in [4.78, 5) is 7.22. The van der Waals surface area contributed by atoms with E-state index >= 15 is 0 Å². The summed E-state index contributed by atoms with van der Waals surface area (Å²) < 4.78 is 18.9. The van der Waals surface area contributed by atoms with Gasteiger partial charge in [-0.25, -0.2) is 4.39 Å². The molecule has 1 aliphatic carbocycles. The highest BCUT2D eigenvalue weighted by atomic mass is 127. The molecule has 1 saturated carbocycles. The highest BCUT2D eigenvalue weighted by Gasteiger charge is 2.44. The van der Waals surface area contributed by atoms with Gasteiger partial charge in [-0.1, -0.05) is 12.1 Å². The predicted octanol–water partition coefficient (Wildman–Crippen LogP) is 2.75. The quantitative estimate of drug-likeness (QED) is 0.255. The van der Waals surface area contributed by atoms with Gasteiger partial charge < -0.3 is 15.4 Å². The molecule has 2 aliphatic rings. The molecule has 2 N–H and O–H groups in total. The number of rotatable bonds is 8. The first-order valence-electron chi connectivity index (χ1n) is 9.80. The Kier molecular flexibility index (Phi) is 9.25. The van der Waals surface area contributed by atoms with Crippen LogP contribution in [-0.4, -0.2) is 63.3 Å². The Labute approximate surface area is 179 Å². The number of aliphatic imine (C=N–C) groups is 1. The number of ether oxygens (including phenoxy) is 1. The van der Waals surface area contributed by atoms with Gasteiger partial charge in [0.2, 0.25) is 0 Å². The van der Waals surface area contributed by atoms with E-state index in [1.807, 2.05) is 6.07 Å². The van der Waals surface area contributed by atoms with Gasteiger partial charge in [-0.2, -0.15) is 0 Å². The van der Waals surface area contributed by atoms with Gasteiger partial charge in [-0.15, -0.1) is 24.0 Å². The second kappa shape index (κ2) is 11.2. The average molecular weight is 490 g/mol. The molecule has 5 nitrogen and oxygen atoms in total. The molecular formula is C20H32FIN4O. The lowest BCUT2D eigenvalue weighted by Gasteiger charge is -2.26. The lowest BCUT2D eigenvalue weighted by Crippen LogP contribution is -2.41. The van der Waals surface area contributed by atoms with Crippen molar-refractivity contribution in [3.8, 4) is 0 Å². The Hall–Kier alpha value is -0.930. The van der Waals surface area contributed by atoms with E-state index in [-0.39, 0.29) is 35.2 Å². The Morgan fingerprint density at radius 2 is 2.04 bits per heavy atom. The van der Waals surface area contributed by atoms with E-state index in [2.05, 4.69) is 22.5 Å². The zero-order valence-corrected chi connectivity index (χ0v) is 18.5. The van der Waals surface area contributed by atoms with Crippen molar-refractivity contribution in [3.63, 3.8) is 0 Å². The number of nitrogens with zero attached hydrogens (tertiary/aromatic N) is 2. The largest absolute Gasteiger partial charge is 0.379 e. The van der Waals surface area contributed by atoms with Crippen molar-refractivity contribution in [2.45, 2.75) is 31.6 Å². The summed E-state index contributed by atoms with van der Waals surface area (Å²) in [5.74, 6) is 0.697. The topological polar surface area (TPSA) is 48.9 Å². The molecule has 0 spiro atoms. The van der Waals surface area contributed by atoms with Crippen LogP contribution >= 0.6 is 24.0 Å². The van der Waals surface area contributed by atoms with Crippen LogP contribution in [-0.2, 0) is 10.2 Å². The number of hydrogen-bond acceptors (Lipinski definition) is 3. The summed E-state index contributed by atoms with van der Waals surface area (Å²) >= 11 is 0. The van der Waals surface area contributed by atoms with E-state index in [1.165, 1.54) is 6.07 Å². The van der Waals surface area contributed by atoms with E-state index < -0.39 is 0 Å². The number of hydrogen-bond donors (Lipinski definition) is 2. The monoisotopic (exact) mass is 490 g/mol. The maximum Gasteiger partial charge on any atom is 0.191 e. The minimum atomic E-state index is -0.161. The molecule has 1 aromatic rings. The second-order valence-electron chi connectivity index (χ2n) is 7.22. The Bertz CT molecular complexity index is 603. The summed E-state index contributed by atoms with van der Waals surface area (Å²) in [6.45, 7) is 9.36. The molecule has 7 heteroatoms. The van der Waals surface area contributed by atoms with Gasteiger partial charge in [0.25, 0.3) is 0 Å². The van der Waals surface area contributed by atoms with Crippen molar-refractivity contribution >= 4 is 29.9 Å². The van der Waals surface area contributed by atoms with Crippen molar-refractivity contribution in [3.05, 3.63) is 35.6 Å². The fourth-order valence-electron chi connectivity index (χ4n) is 3.41. The van der Waals surface area contributed by atoms with Gasteiger partial charge in [-0.3, -0.25) is 9.89 Å². The number of morpholine rings is 1. The number of nitrogens with one attached hydrogen (secondary N) is 2. The van der Waals surface area contributed by atoms with Crippen molar-refractivity contribution in [1.82, 2.24) is 15.5 Å². The van der Waals surface area contributed by atoms with Crippen LogP contribution in [0.5, 0.6) is 0 Å². The smallest absolute Gasteiger partial charge is 0.191 e. The van der Waals surface area contributed by atoms with Gasteiger partial charge in [0, 0.05) is 31.6 Å². The molecule has 1 aromatic carbocycles. The summed E-state index contributed by atoms with van der Waals surface area (Å²) in [6, 6.07) is 6.98. The molecule has 0 radical (unpaired) electrons. The summed E-state index contributed by atoms with van der Waals surface area (Å²) in [5.41, 5.74) is 1.10. The third-order valence-electron chi connectivity index (χ3n) is 5.22. The third kappa shape index (κ3) is 6.87. The number of halogens is 2. The molecule has 0 aromatic heterocycles. The molecular weight excluding hydrogens is 458 g/mol. The zero-order valence-electron chi connectivity index (χ0n) is 16.2. The standard InChI is InChI=1S/C20H31FN4O.HI/c1-2-22-19(23-9-4-10-25-11-13-26-14-12-25)24-16-20(7-8-20)17-5-3-6-18(21)15-17;/h3,5-6,15H,2,4,7-14,16H2,1H3,(H2,22,23,24);1H. The van der Waals surface area contributed by atoms with Gasteiger partial charge in [0.1, 0.15) is 5.82 Å². The molecule has 0 unspecified atom stereocenters. The van der Waals surface area contributed by atoms with Crippen molar-refractivity contribution in [2.24, 2.45) is 4.99 Å². The van der Waals surface area contributed by atoms with Crippen LogP contribution in [0.1, 0.15) is 31.7 Å². The first-order chi connectivity index (χ1) is 12.7. The van der Waals surface area contributed by atoms with Crippen molar-refractivity contribution < 1.29 is 9.13 Å². The van der Waals surface area contributed by atoms with Gasteiger partial charge in [0.05, 0.1) is 19.8 Å². The minimum Gasteiger partial charge on any atom is -0.379 e. The van der Waals surface area contributed by atoms with Gasteiger partial charge >= 0.3 is 0 Å². The maximum absolute atomic E-state index is 13.5. The first kappa shape index (κ1) is 22.4. The van der Waals surface area contributed by atoms with Crippen LogP contribution in [0.15, 0.2) is 29.3 Å². The van der Waals surface area contributed by atoms with E-state index in [0.717, 1.165) is 76.7 Å². The highest BCUT2D eigenvalue weighted by Crippen LogP contribution is 2.48. The molecule has 1 aliphatic heterocycles. The van der Waals surface area contributed by atoms with Gasteiger partial charge in [0.15, 0.2) is 5.96 Å². The Morgan fingerprint density at radius 1 is 1.26 bits per heavy atom. The van der Waals surface area contributed by atoms with Crippen LogP contribution in [0, 0.1) is 5.82 Å². The molecule has 3 rings (SSSR count).